The van der Waals surface area contributed by atoms with E-state index in [1.54, 1.807) is 0 Å². The summed E-state index contributed by atoms with van der Waals surface area (Å²) in [6, 6.07) is 0. The van der Waals surface area contributed by atoms with Crippen molar-refractivity contribution in [1.29, 1.82) is 0 Å². The van der Waals surface area contributed by atoms with Crippen molar-refractivity contribution in [3.05, 3.63) is 18.0 Å². The number of aliphatic hydroxyl groups is 1. The number of hydrogen-bond donors (Lipinski definition) is 1. The van der Waals surface area contributed by atoms with Crippen molar-refractivity contribution in [1.82, 2.24) is 9.97 Å². The van der Waals surface area contributed by atoms with Crippen molar-refractivity contribution in [3.8, 4) is 0 Å². The van der Waals surface area contributed by atoms with E-state index in [0.29, 0.717) is 17.0 Å². The summed E-state index contributed by atoms with van der Waals surface area (Å²) in [4.78, 5) is 18.3. The largest absolute Gasteiger partial charge is 0.396 e. The molecule has 1 rings (SSSR count). The normalized spacial score (nSPS) is 12.4. The fraction of sp³-hybridized carbons (Fsp3) is 0.444. The minimum atomic E-state index is 0.166. The fourth-order valence-corrected chi connectivity index (χ4v) is 1.52. The van der Waals surface area contributed by atoms with E-state index in [-0.39, 0.29) is 12.5 Å². The molecule has 0 bridgehead atoms. The Labute approximate surface area is 86.8 Å². The van der Waals surface area contributed by atoms with Gasteiger partial charge in [0.2, 0.25) is 0 Å². The predicted octanol–water partition coefficient (Wildman–Crippen LogP) is 1.01. The first kappa shape index (κ1) is 11.1. The van der Waals surface area contributed by atoms with E-state index >= 15 is 0 Å². The lowest BCUT2D eigenvalue weighted by molar-refractivity contribution is 0.112. The average Bonchev–Trinajstić information content (AvgIpc) is 2.26. The molecule has 0 spiro atoms. The third-order valence-corrected chi connectivity index (χ3v) is 2.80. The van der Waals surface area contributed by atoms with Crippen molar-refractivity contribution in [2.45, 2.75) is 12.1 Å². The van der Waals surface area contributed by atoms with E-state index in [4.69, 9.17) is 5.11 Å². The molecule has 1 heterocycles. The minimum absolute atomic E-state index is 0.166. The summed E-state index contributed by atoms with van der Waals surface area (Å²) in [5.41, 5.74) is 0.476. The fourth-order valence-electron chi connectivity index (χ4n) is 0.731. The van der Waals surface area contributed by atoms with Crippen LogP contribution in [0.3, 0.4) is 0 Å². The van der Waals surface area contributed by atoms with Crippen molar-refractivity contribution in [2.75, 3.05) is 12.4 Å². The number of carbonyl (C=O) groups excluding carboxylic acids is 1. The Hall–Kier alpha value is -0.940. The molecule has 0 aliphatic rings. The molecule has 1 aromatic heterocycles. The van der Waals surface area contributed by atoms with Crippen LogP contribution >= 0.6 is 11.8 Å². The molecule has 0 saturated carbocycles. The number of aldehydes is 1. The molecule has 14 heavy (non-hydrogen) atoms. The van der Waals surface area contributed by atoms with Crippen LogP contribution < -0.4 is 0 Å². The van der Waals surface area contributed by atoms with Gasteiger partial charge in [-0.05, 0) is 5.92 Å². The molecule has 0 fully saturated rings. The Morgan fingerprint density at radius 2 is 2.21 bits per heavy atom. The second kappa shape index (κ2) is 5.72. The van der Waals surface area contributed by atoms with Crippen LogP contribution in [0.5, 0.6) is 0 Å². The lowest BCUT2D eigenvalue weighted by Gasteiger charge is -2.05. The molecule has 76 valence electrons. The van der Waals surface area contributed by atoms with Gasteiger partial charge in [0.25, 0.3) is 0 Å². The van der Waals surface area contributed by atoms with Gasteiger partial charge in [-0.15, -0.1) is 0 Å². The molecule has 1 atom stereocenters. The minimum Gasteiger partial charge on any atom is -0.396 e. The van der Waals surface area contributed by atoms with Gasteiger partial charge in [0.1, 0.15) is 0 Å². The number of nitrogens with zero attached hydrogens (tertiary/aromatic N) is 2. The zero-order chi connectivity index (χ0) is 10.4. The van der Waals surface area contributed by atoms with Gasteiger partial charge in [-0.2, -0.15) is 0 Å². The van der Waals surface area contributed by atoms with Crippen molar-refractivity contribution in [2.24, 2.45) is 5.92 Å². The SMILES string of the molecule is CC(CO)CSc1ncc(C=O)cn1. The third-order valence-electron chi connectivity index (χ3n) is 1.59. The van der Waals surface area contributed by atoms with Gasteiger partial charge >= 0.3 is 0 Å². The van der Waals surface area contributed by atoms with Gasteiger partial charge in [-0.25, -0.2) is 9.97 Å². The van der Waals surface area contributed by atoms with Gasteiger partial charge in [0.15, 0.2) is 11.4 Å². The van der Waals surface area contributed by atoms with E-state index in [9.17, 15) is 4.79 Å². The molecule has 0 saturated heterocycles. The number of hydrogen-bond acceptors (Lipinski definition) is 5. The standard InChI is InChI=1S/C9H12N2O2S/c1-7(4-12)6-14-9-10-2-8(5-13)3-11-9/h2-3,5,7,12H,4,6H2,1H3. The van der Waals surface area contributed by atoms with E-state index in [2.05, 4.69) is 9.97 Å². The quantitative estimate of drug-likeness (QED) is 0.448. The highest BCUT2D eigenvalue weighted by molar-refractivity contribution is 7.99. The van der Waals surface area contributed by atoms with E-state index in [1.165, 1.54) is 24.2 Å². The van der Waals surface area contributed by atoms with Crippen LogP contribution in [0, 0.1) is 5.92 Å². The monoisotopic (exact) mass is 212 g/mol. The van der Waals surface area contributed by atoms with E-state index < -0.39 is 0 Å². The molecule has 0 aliphatic carbocycles. The molecule has 1 N–H and O–H groups in total. The van der Waals surface area contributed by atoms with Gasteiger partial charge in [0.05, 0.1) is 5.56 Å². The van der Waals surface area contributed by atoms with Crippen LogP contribution in [0.15, 0.2) is 17.6 Å². The highest BCUT2D eigenvalue weighted by Gasteiger charge is 2.03. The molecule has 0 aromatic carbocycles. The molecule has 4 nitrogen and oxygen atoms in total. The first-order chi connectivity index (χ1) is 6.76. The van der Waals surface area contributed by atoms with Crippen LogP contribution in [0.4, 0.5) is 0 Å². The molecule has 0 amide bonds. The lowest BCUT2D eigenvalue weighted by atomic mass is 10.2. The molecule has 5 heteroatoms. The molecular formula is C9H12N2O2S. The number of rotatable bonds is 5. The molecule has 1 unspecified atom stereocenters. The topological polar surface area (TPSA) is 63.1 Å². The smallest absolute Gasteiger partial charge is 0.187 e. The zero-order valence-corrected chi connectivity index (χ0v) is 8.70. The van der Waals surface area contributed by atoms with Gasteiger partial charge in [-0.3, -0.25) is 4.79 Å². The molecule has 1 aromatic rings. The van der Waals surface area contributed by atoms with Gasteiger partial charge < -0.3 is 5.11 Å². The van der Waals surface area contributed by atoms with Crippen LogP contribution in [-0.2, 0) is 0 Å². The Morgan fingerprint density at radius 1 is 1.57 bits per heavy atom. The van der Waals surface area contributed by atoms with Gasteiger partial charge in [-0.1, -0.05) is 18.7 Å². The molecule has 0 aliphatic heterocycles. The van der Waals surface area contributed by atoms with Crippen molar-refractivity contribution < 1.29 is 9.90 Å². The number of aromatic nitrogens is 2. The van der Waals surface area contributed by atoms with E-state index in [0.717, 1.165) is 5.75 Å². The average molecular weight is 212 g/mol. The third kappa shape index (κ3) is 3.43. The van der Waals surface area contributed by atoms with Crippen LogP contribution in [0.25, 0.3) is 0 Å². The lowest BCUT2D eigenvalue weighted by Crippen LogP contribution is -2.04. The second-order valence-corrected chi connectivity index (χ2v) is 4.00. The summed E-state index contributed by atoms with van der Waals surface area (Å²) in [5.74, 6) is 1.01. The second-order valence-electron chi connectivity index (χ2n) is 3.02. The Balaban J connectivity index is 2.47. The Bertz CT molecular complexity index is 289. The molecule has 0 radical (unpaired) electrons. The number of aliphatic hydroxyl groups excluding tert-OH is 1. The first-order valence-corrected chi connectivity index (χ1v) is 5.25. The maximum atomic E-state index is 10.3. The summed E-state index contributed by atoms with van der Waals surface area (Å²) >= 11 is 1.47. The van der Waals surface area contributed by atoms with Crippen LogP contribution in [-0.4, -0.2) is 33.7 Å². The van der Waals surface area contributed by atoms with E-state index in [1.807, 2.05) is 6.92 Å². The van der Waals surface area contributed by atoms with Crippen molar-refractivity contribution in [3.63, 3.8) is 0 Å². The summed E-state index contributed by atoms with van der Waals surface area (Å²) < 4.78 is 0. The maximum Gasteiger partial charge on any atom is 0.187 e. The highest BCUT2D eigenvalue weighted by Crippen LogP contribution is 2.15. The summed E-state index contributed by atoms with van der Waals surface area (Å²) in [6.07, 6.45) is 3.70. The number of carbonyl (C=O) groups is 1. The first-order valence-electron chi connectivity index (χ1n) is 4.27. The maximum absolute atomic E-state index is 10.3. The Morgan fingerprint density at radius 3 is 2.71 bits per heavy atom. The Kier molecular flexibility index (Phi) is 4.55. The predicted molar refractivity (Wildman–Crippen MR) is 54.4 cm³/mol. The number of thioether (sulfide) groups is 1. The molecular weight excluding hydrogens is 200 g/mol. The summed E-state index contributed by atoms with van der Waals surface area (Å²) in [5, 5.41) is 9.43. The highest BCUT2D eigenvalue weighted by atomic mass is 32.2. The van der Waals surface area contributed by atoms with Crippen molar-refractivity contribution >= 4 is 18.0 Å². The van der Waals surface area contributed by atoms with Crippen LogP contribution in [0.1, 0.15) is 17.3 Å². The summed E-state index contributed by atoms with van der Waals surface area (Å²) in [7, 11) is 0. The van der Waals surface area contributed by atoms with Crippen LogP contribution in [0.2, 0.25) is 0 Å². The van der Waals surface area contributed by atoms with Gasteiger partial charge in [0, 0.05) is 24.8 Å². The summed E-state index contributed by atoms with van der Waals surface area (Å²) in [6.45, 7) is 2.12. The zero-order valence-electron chi connectivity index (χ0n) is 7.88.